The van der Waals surface area contributed by atoms with Gasteiger partial charge in [-0.05, 0) is 49.1 Å². The van der Waals surface area contributed by atoms with Crippen LogP contribution in [0.3, 0.4) is 0 Å². The Morgan fingerprint density at radius 2 is 2.25 bits per heavy atom. The molecule has 6 heteroatoms. The number of rotatable bonds is 8. The quantitative estimate of drug-likeness (QED) is 0.779. The van der Waals surface area contributed by atoms with Crippen LogP contribution in [0, 0.1) is 11.7 Å². The average Bonchev–Trinajstić information content (AvgIpc) is 3.23. The fourth-order valence-corrected chi connectivity index (χ4v) is 2.32. The molecule has 1 aliphatic carbocycles. The van der Waals surface area contributed by atoms with Crippen LogP contribution < -0.4 is 5.32 Å². The Labute approximate surface area is 139 Å². The standard InChI is InChI=1S/C18H20FNO4/c19-15-6-5-13(8-14(15)11-23-10-12-3-4-12)18(22)20-9-16(21)17-2-1-7-24-17/h1-2,5-8,12,16,21H,3-4,9-11H2,(H,20,22). The number of hydrogen-bond acceptors (Lipinski definition) is 4. The first kappa shape index (κ1) is 16.7. The molecule has 1 amide bonds. The molecule has 1 heterocycles. The Bertz CT molecular complexity index is 682. The summed E-state index contributed by atoms with van der Waals surface area (Å²) in [6, 6.07) is 7.44. The summed E-state index contributed by atoms with van der Waals surface area (Å²) < 4.78 is 24.4. The zero-order chi connectivity index (χ0) is 16.9. The summed E-state index contributed by atoms with van der Waals surface area (Å²) >= 11 is 0. The lowest BCUT2D eigenvalue weighted by Crippen LogP contribution is -2.28. The maximum absolute atomic E-state index is 13.8. The van der Waals surface area contributed by atoms with E-state index in [1.165, 1.54) is 37.3 Å². The van der Waals surface area contributed by atoms with Crippen LogP contribution in [0.1, 0.15) is 40.6 Å². The maximum atomic E-state index is 13.8. The molecule has 0 saturated heterocycles. The van der Waals surface area contributed by atoms with Gasteiger partial charge in [0, 0.05) is 17.7 Å². The Hall–Kier alpha value is -2.18. The van der Waals surface area contributed by atoms with E-state index in [-0.39, 0.29) is 19.1 Å². The van der Waals surface area contributed by atoms with Gasteiger partial charge in [0.15, 0.2) is 0 Å². The molecule has 1 aromatic carbocycles. The molecule has 1 aromatic heterocycles. The molecule has 2 aromatic rings. The van der Waals surface area contributed by atoms with Gasteiger partial charge >= 0.3 is 0 Å². The second-order valence-corrected chi connectivity index (χ2v) is 6.01. The third-order valence-electron chi connectivity index (χ3n) is 3.94. The molecule has 2 N–H and O–H groups in total. The lowest BCUT2D eigenvalue weighted by atomic mass is 10.1. The van der Waals surface area contributed by atoms with Crippen molar-refractivity contribution in [2.24, 2.45) is 5.92 Å². The summed E-state index contributed by atoms with van der Waals surface area (Å²) in [5, 5.41) is 12.5. The SMILES string of the molecule is O=C(NCC(O)c1ccco1)c1ccc(F)c(COCC2CC2)c1. The van der Waals surface area contributed by atoms with Gasteiger partial charge in [0.05, 0.1) is 19.4 Å². The molecule has 1 atom stereocenters. The highest BCUT2D eigenvalue weighted by Crippen LogP contribution is 2.29. The van der Waals surface area contributed by atoms with Crippen molar-refractivity contribution in [3.05, 3.63) is 59.3 Å². The Balaban J connectivity index is 1.55. The highest BCUT2D eigenvalue weighted by molar-refractivity contribution is 5.94. The van der Waals surface area contributed by atoms with Gasteiger partial charge in [-0.15, -0.1) is 0 Å². The third kappa shape index (κ3) is 4.43. The van der Waals surface area contributed by atoms with Crippen LogP contribution in [-0.2, 0) is 11.3 Å². The van der Waals surface area contributed by atoms with E-state index in [9.17, 15) is 14.3 Å². The van der Waals surface area contributed by atoms with E-state index in [1.54, 1.807) is 12.1 Å². The zero-order valence-electron chi connectivity index (χ0n) is 13.2. The van der Waals surface area contributed by atoms with E-state index >= 15 is 0 Å². The lowest BCUT2D eigenvalue weighted by molar-refractivity contribution is 0.0899. The molecule has 1 aliphatic rings. The molecule has 0 aliphatic heterocycles. The fraction of sp³-hybridized carbons (Fsp3) is 0.389. The molecular formula is C18H20FNO4. The smallest absolute Gasteiger partial charge is 0.251 e. The number of furan rings is 1. The number of carbonyl (C=O) groups excluding carboxylic acids is 1. The van der Waals surface area contributed by atoms with Crippen LogP contribution in [0.4, 0.5) is 4.39 Å². The van der Waals surface area contributed by atoms with Gasteiger partial charge in [0.2, 0.25) is 0 Å². The number of ether oxygens (including phenoxy) is 1. The van der Waals surface area contributed by atoms with Gasteiger partial charge in [-0.1, -0.05) is 0 Å². The van der Waals surface area contributed by atoms with Crippen molar-refractivity contribution in [1.29, 1.82) is 0 Å². The summed E-state index contributed by atoms with van der Waals surface area (Å²) in [4.78, 5) is 12.2. The van der Waals surface area contributed by atoms with Gasteiger partial charge in [-0.25, -0.2) is 4.39 Å². The highest BCUT2D eigenvalue weighted by atomic mass is 19.1. The molecule has 1 saturated carbocycles. The van der Waals surface area contributed by atoms with E-state index in [1.807, 2.05) is 0 Å². The van der Waals surface area contributed by atoms with E-state index in [4.69, 9.17) is 9.15 Å². The highest BCUT2D eigenvalue weighted by Gasteiger charge is 2.21. The number of aliphatic hydroxyl groups excluding tert-OH is 1. The predicted octanol–water partition coefficient (Wildman–Crippen LogP) is 2.81. The monoisotopic (exact) mass is 333 g/mol. The molecule has 0 bridgehead atoms. The minimum absolute atomic E-state index is 0.0111. The minimum Gasteiger partial charge on any atom is -0.467 e. The zero-order valence-corrected chi connectivity index (χ0v) is 13.2. The van der Waals surface area contributed by atoms with E-state index in [0.717, 1.165) is 0 Å². The summed E-state index contributed by atoms with van der Waals surface area (Å²) in [7, 11) is 0. The number of benzene rings is 1. The Morgan fingerprint density at radius 3 is 2.96 bits per heavy atom. The number of nitrogens with one attached hydrogen (secondary N) is 1. The first-order chi connectivity index (χ1) is 11.6. The second kappa shape index (κ2) is 7.59. The van der Waals surface area contributed by atoms with Gasteiger partial charge < -0.3 is 19.6 Å². The van der Waals surface area contributed by atoms with Gasteiger partial charge in [0.25, 0.3) is 5.91 Å². The minimum atomic E-state index is -0.925. The predicted molar refractivity (Wildman–Crippen MR) is 84.8 cm³/mol. The summed E-state index contributed by atoms with van der Waals surface area (Å²) in [5.74, 6) is 0.202. The van der Waals surface area contributed by atoms with Gasteiger partial charge in [0.1, 0.15) is 17.7 Å². The number of amides is 1. The van der Waals surface area contributed by atoms with Crippen LogP contribution >= 0.6 is 0 Å². The van der Waals surface area contributed by atoms with Crippen molar-refractivity contribution in [2.45, 2.75) is 25.6 Å². The number of aliphatic hydroxyl groups is 1. The largest absolute Gasteiger partial charge is 0.467 e. The van der Waals surface area contributed by atoms with Crippen molar-refractivity contribution in [3.63, 3.8) is 0 Å². The van der Waals surface area contributed by atoms with Crippen LogP contribution in [-0.4, -0.2) is 24.2 Å². The van der Waals surface area contributed by atoms with E-state index < -0.39 is 11.9 Å². The van der Waals surface area contributed by atoms with Gasteiger partial charge in [-0.2, -0.15) is 0 Å². The number of halogens is 1. The van der Waals surface area contributed by atoms with Crippen LogP contribution in [0.25, 0.3) is 0 Å². The van der Waals surface area contributed by atoms with Crippen LogP contribution in [0.15, 0.2) is 41.0 Å². The van der Waals surface area contributed by atoms with Gasteiger partial charge in [-0.3, -0.25) is 4.79 Å². The summed E-state index contributed by atoms with van der Waals surface area (Å²) in [6.45, 7) is 0.793. The molecule has 0 radical (unpaired) electrons. The Morgan fingerprint density at radius 1 is 1.42 bits per heavy atom. The van der Waals surface area contributed by atoms with Crippen molar-refractivity contribution in [2.75, 3.05) is 13.2 Å². The summed E-state index contributed by atoms with van der Waals surface area (Å²) in [6.07, 6.45) is 2.87. The third-order valence-corrected chi connectivity index (χ3v) is 3.94. The first-order valence-corrected chi connectivity index (χ1v) is 7.99. The van der Waals surface area contributed by atoms with Crippen molar-refractivity contribution in [3.8, 4) is 0 Å². The molecule has 128 valence electrons. The molecular weight excluding hydrogens is 313 g/mol. The number of hydrogen-bond donors (Lipinski definition) is 2. The Kier molecular flexibility index (Phi) is 5.27. The second-order valence-electron chi connectivity index (χ2n) is 6.01. The molecule has 1 fully saturated rings. The first-order valence-electron chi connectivity index (χ1n) is 7.99. The summed E-state index contributed by atoms with van der Waals surface area (Å²) in [5.41, 5.74) is 0.683. The topological polar surface area (TPSA) is 71.7 Å². The average molecular weight is 333 g/mol. The lowest BCUT2D eigenvalue weighted by Gasteiger charge is -2.11. The fourth-order valence-electron chi connectivity index (χ4n) is 2.32. The van der Waals surface area contributed by atoms with Crippen LogP contribution in [0.5, 0.6) is 0 Å². The molecule has 1 unspecified atom stereocenters. The molecule has 5 nitrogen and oxygen atoms in total. The van der Waals surface area contributed by atoms with Crippen molar-refractivity contribution in [1.82, 2.24) is 5.32 Å². The van der Waals surface area contributed by atoms with Crippen molar-refractivity contribution < 1.29 is 23.4 Å². The molecule has 3 rings (SSSR count). The maximum Gasteiger partial charge on any atom is 0.251 e. The number of carbonyl (C=O) groups is 1. The van der Waals surface area contributed by atoms with E-state index in [0.29, 0.717) is 29.4 Å². The molecule has 0 spiro atoms. The molecule has 24 heavy (non-hydrogen) atoms. The normalized spacial score (nSPS) is 15.2. The van der Waals surface area contributed by atoms with Crippen LogP contribution in [0.2, 0.25) is 0 Å². The van der Waals surface area contributed by atoms with E-state index in [2.05, 4.69) is 5.32 Å². The van der Waals surface area contributed by atoms with Crippen molar-refractivity contribution >= 4 is 5.91 Å².